The summed E-state index contributed by atoms with van der Waals surface area (Å²) in [6.07, 6.45) is -4.38. The van der Waals surface area contributed by atoms with Crippen LogP contribution in [0.5, 0.6) is 0 Å². The number of halogens is 4. The molecule has 0 bridgehead atoms. The molecule has 2 rings (SSSR count). The highest BCUT2D eigenvalue weighted by atomic mass is 79.9. The summed E-state index contributed by atoms with van der Waals surface area (Å²) in [5.41, 5.74) is 5.49. The smallest absolute Gasteiger partial charge is 0.398 e. The molecular weight excluding hydrogens is 273 g/mol. The molecule has 2 aromatic rings. The highest BCUT2D eigenvalue weighted by Gasteiger charge is 2.32. The molecule has 6 heteroatoms. The molecule has 0 fully saturated rings. The fraction of sp³-hybridized carbons (Fsp3) is 0.111. The van der Waals surface area contributed by atoms with Crippen LogP contribution in [0, 0.1) is 0 Å². The van der Waals surface area contributed by atoms with E-state index >= 15 is 0 Å². The van der Waals surface area contributed by atoms with Crippen molar-refractivity contribution in [3.63, 3.8) is 0 Å². The van der Waals surface area contributed by atoms with Gasteiger partial charge in [-0.3, -0.25) is 0 Å². The maximum atomic E-state index is 12.4. The van der Waals surface area contributed by atoms with E-state index in [0.717, 1.165) is 6.07 Å². The Morgan fingerprint density at radius 1 is 1.20 bits per heavy atom. The van der Waals surface area contributed by atoms with Crippen LogP contribution in [-0.4, -0.2) is 4.98 Å². The lowest BCUT2D eigenvalue weighted by Gasteiger charge is -2.00. The second-order valence-corrected chi connectivity index (χ2v) is 4.05. The summed E-state index contributed by atoms with van der Waals surface area (Å²) >= 11 is 3.16. The molecule has 0 atom stereocenters. The van der Waals surface area contributed by atoms with Crippen LogP contribution in [0.4, 0.5) is 18.9 Å². The lowest BCUT2D eigenvalue weighted by Crippen LogP contribution is -2.04. The van der Waals surface area contributed by atoms with Crippen molar-refractivity contribution in [3.05, 3.63) is 28.4 Å². The number of nitrogens with two attached hydrogens (primary N) is 1. The first kappa shape index (κ1) is 10.4. The number of H-pyrrole nitrogens is 1. The molecule has 0 saturated heterocycles. The molecule has 2 nitrogen and oxygen atoms in total. The van der Waals surface area contributed by atoms with Gasteiger partial charge in [0.15, 0.2) is 0 Å². The number of alkyl halides is 3. The molecule has 80 valence electrons. The molecule has 0 amide bonds. The molecule has 0 aliphatic carbocycles. The molecule has 0 aliphatic rings. The molecular formula is C9H6BrF3N2. The molecule has 0 saturated carbocycles. The average molecular weight is 279 g/mol. The molecule has 1 aromatic carbocycles. The summed E-state index contributed by atoms with van der Waals surface area (Å²) in [5, 5.41) is 0.380. The summed E-state index contributed by atoms with van der Waals surface area (Å²) in [6.45, 7) is 0. The van der Waals surface area contributed by atoms with Crippen molar-refractivity contribution in [3.8, 4) is 0 Å². The third-order valence-corrected chi connectivity index (χ3v) is 2.50. The summed E-state index contributed by atoms with van der Waals surface area (Å²) in [6, 6.07) is 4.13. The lowest BCUT2D eigenvalue weighted by atomic mass is 10.2. The van der Waals surface area contributed by atoms with Gasteiger partial charge in [0.1, 0.15) is 5.69 Å². The van der Waals surface area contributed by atoms with Gasteiger partial charge in [0, 0.05) is 21.1 Å². The van der Waals surface area contributed by atoms with E-state index in [4.69, 9.17) is 5.73 Å². The van der Waals surface area contributed by atoms with E-state index in [1.807, 2.05) is 0 Å². The van der Waals surface area contributed by atoms with E-state index in [-0.39, 0.29) is 0 Å². The highest BCUT2D eigenvalue weighted by molar-refractivity contribution is 9.10. The number of nitrogen functional groups attached to an aromatic ring is 1. The first-order valence-corrected chi connectivity index (χ1v) is 4.82. The first-order valence-electron chi connectivity index (χ1n) is 4.03. The Kier molecular flexibility index (Phi) is 2.18. The molecule has 15 heavy (non-hydrogen) atoms. The van der Waals surface area contributed by atoms with Crippen LogP contribution in [-0.2, 0) is 6.18 Å². The minimum Gasteiger partial charge on any atom is -0.398 e. The minimum absolute atomic E-state index is 0.311. The predicted octanol–water partition coefficient (Wildman–Crippen LogP) is 3.53. The van der Waals surface area contributed by atoms with E-state index in [0.29, 0.717) is 21.1 Å². The average Bonchev–Trinajstić information content (AvgIpc) is 2.46. The second kappa shape index (κ2) is 3.16. The van der Waals surface area contributed by atoms with Crippen LogP contribution >= 0.6 is 15.9 Å². The molecule has 3 N–H and O–H groups in total. The summed E-state index contributed by atoms with van der Waals surface area (Å²) < 4.78 is 37.8. The Balaban J connectivity index is 2.71. The van der Waals surface area contributed by atoms with Crippen molar-refractivity contribution in [1.82, 2.24) is 4.98 Å². The molecule has 0 radical (unpaired) electrons. The van der Waals surface area contributed by atoms with Crippen molar-refractivity contribution in [2.75, 3.05) is 5.73 Å². The van der Waals surface area contributed by atoms with Crippen LogP contribution in [0.25, 0.3) is 10.9 Å². The van der Waals surface area contributed by atoms with Crippen LogP contribution in [0.1, 0.15) is 5.69 Å². The monoisotopic (exact) mass is 278 g/mol. The molecule has 0 aliphatic heterocycles. The van der Waals surface area contributed by atoms with Gasteiger partial charge in [0.05, 0.1) is 0 Å². The fourth-order valence-corrected chi connectivity index (χ4v) is 1.86. The Morgan fingerprint density at radius 3 is 2.47 bits per heavy atom. The van der Waals surface area contributed by atoms with Crippen LogP contribution in [0.3, 0.4) is 0 Å². The lowest BCUT2D eigenvalue weighted by molar-refractivity contribution is -0.140. The number of hydrogen-bond acceptors (Lipinski definition) is 1. The van der Waals surface area contributed by atoms with Gasteiger partial charge in [-0.2, -0.15) is 13.2 Å². The van der Waals surface area contributed by atoms with Gasteiger partial charge in [-0.25, -0.2) is 0 Å². The number of fused-ring (bicyclic) bond motifs is 1. The van der Waals surface area contributed by atoms with Crippen molar-refractivity contribution in [2.45, 2.75) is 6.18 Å². The van der Waals surface area contributed by atoms with Crippen LogP contribution < -0.4 is 5.73 Å². The summed E-state index contributed by atoms with van der Waals surface area (Å²) in [7, 11) is 0. The zero-order valence-corrected chi connectivity index (χ0v) is 8.91. The molecule has 0 spiro atoms. The molecule has 0 unspecified atom stereocenters. The van der Waals surface area contributed by atoms with E-state index in [2.05, 4.69) is 20.9 Å². The van der Waals surface area contributed by atoms with Gasteiger partial charge >= 0.3 is 6.18 Å². The van der Waals surface area contributed by atoms with Gasteiger partial charge in [-0.1, -0.05) is 15.9 Å². The third kappa shape index (κ3) is 1.81. The topological polar surface area (TPSA) is 41.8 Å². The summed E-state index contributed by atoms with van der Waals surface area (Å²) in [4.78, 5) is 2.28. The van der Waals surface area contributed by atoms with E-state index < -0.39 is 11.9 Å². The Hall–Kier alpha value is -1.17. The number of anilines is 1. The van der Waals surface area contributed by atoms with Crippen LogP contribution in [0.2, 0.25) is 0 Å². The number of nitrogens with one attached hydrogen (secondary N) is 1. The summed E-state index contributed by atoms with van der Waals surface area (Å²) in [5.74, 6) is 0. The largest absolute Gasteiger partial charge is 0.431 e. The van der Waals surface area contributed by atoms with Crippen LogP contribution in [0.15, 0.2) is 22.7 Å². The maximum absolute atomic E-state index is 12.4. The van der Waals surface area contributed by atoms with Gasteiger partial charge < -0.3 is 10.7 Å². The normalized spacial score (nSPS) is 12.3. The number of aromatic amines is 1. The van der Waals surface area contributed by atoms with Crippen molar-refractivity contribution < 1.29 is 13.2 Å². The number of benzene rings is 1. The van der Waals surface area contributed by atoms with Gasteiger partial charge in [0.2, 0.25) is 0 Å². The first-order chi connectivity index (χ1) is 6.88. The van der Waals surface area contributed by atoms with E-state index in [1.54, 1.807) is 12.1 Å². The zero-order valence-electron chi connectivity index (χ0n) is 7.32. The Bertz CT molecular complexity index is 516. The predicted molar refractivity (Wildman–Crippen MR) is 55.4 cm³/mol. The zero-order chi connectivity index (χ0) is 11.2. The quantitative estimate of drug-likeness (QED) is 0.712. The molecule has 1 aromatic heterocycles. The van der Waals surface area contributed by atoms with Crippen molar-refractivity contribution >= 4 is 32.5 Å². The Labute approximate surface area is 91.4 Å². The Morgan fingerprint density at radius 2 is 1.87 bits per heavy atom. The number of rotatable bonds is 0. The maximum Gasteiger partial charge on any atom is 0.431 e. The van der Waals surface area contributed by atoms with Gasteiger partial charge in [0.25, 0.3) is 0 Å². The fourth-order valence-electron chi connectivity index (χ4n) is 1.38. The number of hydrogen-bond donors (Lipinski definition) is 2. The minimum atomic E-state index is -4.38. The van der Waals surface area contributed by atoms with E-state index in [1.165, 1.54) is 0 Å². The van der Waals surface area contributed by atoms with E-state index in [9.17, 15) is 13.2 Å². The molecule has 1 heterocycles. The second-order valence-electron chi connectivity index (χ2n) is 3.14. The third-order valence-electron chi connectivity index (χ3n) is 2.04. The number of aromatic nitrogens is 1. The van der Waals surface area contributed by atoms with Gasteiger partial charge in [-0.05, 0) is 18.2 Å². The standard InChI is InChI=1S/C9H6BrF3N2/c10-4-1-6(14)5-3-8(9(11,12)13)15-7(5)2-4/h1-3,15H,14H2. The highest BCUT2D eigenvalue weighted by Crippen LogP contribution is 2.34. The SMILES string of the molecule is Nc1cc(Br)cc2[nH]c(C(F)(F)F)cc12. The van der Waals surface area contributed by atoms with Gasteiger partial charge in [-0.15, -0.1) is 0 Å². The van der Waals surface area contributed by atoms with Crippen molar-refractivity contribution in [1.29, 1.82) is 0 Å². The van der Waals surface area contributed by atoms with Crippen molar-refractivity contribution in [2.24, 2.45) is 0 Å².